The highest BCUT2D eigenvalue weighted by Gasteiger charge is 2.26. The van der Waals surface area contributed by atoms with Crippen LogP contribution in [0.3, 0.4) is 0 Å². The summed E-state index contributed by atoms with van der Waals surface area (Å²) in [6.07, 6.45) is 3.51. The van der Waals surface area contributed by atoms with Gasteiger partial charge in [0, 0.05) is 37.5 Å². The van der Waals surface area contributed by atoms with Gasteiger partial charge < -0.3 is 19.7 Å². The van der Waals surface area contributed by atoms with Crippen molar-refractivity contribution in [3.05, 3.63) is 53.1 Å². The SMILES string of the molecule is COc1cc(OC)cc(C(=O)NC[C@@H](c2ccc3c(c2)CCN3C)N2CCCC2)c1. The number of methoxy groups -OCH3 is 2. The summed E-state index contributed by atoms with van der Waals surface area (Å²) in [5, 5.41) is 3.15. The first-order valence-corrected chi connectivity index (χ1v) is 10.7. The van der Waals surface area contributed by atoms with Crippen LogP contribution >= 0.6 is 0 Å². The van der Waals surface area contributed by atoms with E-state index in [9.17, 15) is 4.79 Å². The smallest absolute Gasteiger partial charge is 0.251 e. The molecule has 0 radical (unpaired) electrons. The third-order valence-corrected chi connectivity index (χ3v) is 6.27. The van der Waals surface area contributed by atoms with Crippen LogP contribution in [0.4, 0.5) is 5.69 Å². The molecule has 4 rings (SSSR count). The van der Waals surface area contributed by atoms with Gasteiger partial charge in [-0.2, -0.15) is 0 Å². The minimum Gasteiger partial charge on any atom is -0.497 e. The van der Waals surface area contributed by atoms with E-state index in [1.807, 2.05) is 0 Å². The number of rotatable bonds is 7. The predicted octanol–water partition coefficient (Wildman–Crippen LogP) is 3.26. The van der Waals surface area contributed by atoms with Gasteiger partial charge in [0.25, 0.3) is 5.91 Å². The average molecular weight is 410 g/mol. The molecule has 0 aliphatic carbocycles. The van der Waals surface area contributed by atoms with Gasteiger partial charge >= 0.3 is 0 Å². The highest BCUT2D eigenvalue weighted by atomic mass is 16.5. The monoisotopic (exact) mass is 409 g/mol. The van der Waals surface area contributed by atoms with E-state index in [0.29, 0.717) is 23.6 Å². The Bertz CT molecular complexity index is 886. The maximum absolute atomic E-state index is 12.9. The molecule has 1 amide bonds. The summed E-state index contributed by atoms with van der Waals surface area (Å²) in [7, 11) is 5.32. The summed E-state index contributed by atoms with van der Waals surface area (Å²) in [5.41, 5.74) is 4.56. The van der Waals surface area contributed by atoms with Crippen LogP contribution in [0.1, 0.15) is 40.4 Å². The van der Waals surface area contributed by atoms with E-state index in [-0.39, 0.29) is 11.9 Å². The van der Waals surface area contributed by atoms with E-state index in [2.05, 4.69) is 40.4 Å². The number of benzene rings is 2. The van der Waals surface area contributed by atoms with Gasteiger partial charge in [-0.3, -0.25) is 9.69 Å². The molecule has 0 aromatic heterocycles. The molecule has 2 aromatic rings. The van der Waals surface area contributed by atoms with Gasteiger partial charge in [0.15, 0.2) is 0 Å². The Morgan fingerprint density at radius 1 is 1.03 bits per heavy atom. The molecule has 2 aromatic carbocycles. The predicted molar refractivity (Wildman–Crippen MR) is 119 cm³/mol. The zero-order valence-corrected chi connectivity index (χ0v) is 18.1. The molecule has 0 spiro atoms. The summed E-state index contributed by atoms with van der Waals surface area (Å²) in [4.78, 5) is 17.7. The number of hydrogen-bond acceptors (Lipinski definition) is 5. The Morgan fingerprint density at radius 2 is 1.73 bits per heavy atom. The molecular formula is C24H31N3O3. The van der Waals surface area contributed by atoms with Crippen LogP contribution in [-0.2, 0) is 6.42 Å². The number of fused-ring (bicyclic) bond motifs is 1. The number of carbonyl (C=O) groups excluding carboxylic acids is 1. The number of likely N-dealkylation sites (tertiary alicyclic amines) is 1. The van der Waals surface area contributed by atoms with Crippen molar-refractivity contribution in [2.75, 3.05) is 52.3 Å². The molecule has 2 aliphatic rings. The Morgan fingerprint density at radius 3 is 2.40 bits per heavy atom. The molecule has 1 atom stereocenters. The third-order valence-electron chi connectivity index (χ3n) is 6.27. The zero-order valence-electron chi connectivity index (χ0n) is 18.1. The van der Waals surface area contributed by atoms with Crippen molar-refractivity contribution in [2.45, 2.75) is 25.3 Å². The van der Waals surface area contributed by atoms with Crippen molar-refractivity contribution in [1.29, 1.82) is 0 Å². The second-order valence-electron chi connectivity index (χ2n) is 8.13. The summed E-state index contributed by atoms with van der Waals surface area (Å²) < 4.78 is 10.6. The quantitative estimate of drug-likeness (QED) is 0.761. The van der Waals surface area contributed by atoms with Gasteiger partial charge in [-0.15, -0.1) is 0 Å². The molecule has 1 N–H and O–H groups in total. The van der Waals surface area contributed by atoms with Gasteiger partial charge in [0.1, 0.15) is 11.5 Å². The van der Waals surface area contributed by atoms with E-state index < -0.39 is 0 Å². The number of likely N-dealkylation sites (N-methyl/N-ethyl adjacent to an activating group) is 1. The molecule has 6 nitrogen and oxygen atoms in total. The van der Waals surface area contributed by atoms with E-state index in [1.54, 1.807) is 32.4 Å². The summed E-state index contributed by atoms with van der Waals surface area (Å²) >= 11 is 0. The molecule has 30 heavy (non-hydrogen) atoms. The second-order valence-corrected chi connectivity index (χ2v) is 8.13. The highest BCUT2D eigenvalue weighted by Crippen LogP contribution is 2.32. The molecule has 1 fully saturated rings. The van der Waals surface area contributed by atoms with Crippen LogP contribution < -0.4 is 19.7 Å². The minimum atomic E-state index is -0.114. The maximum atomic E-state index is 12.9. The fraction of sp³-hybridized carbons (Fsp3) is 0.458. The van der Waals surface area contributed by atoms with Gasteiger partial charge in [0.2, 0.25) is 0 Å². The molecule has 2 aliphatic heterocycles. The molecule has 2 heterocycles. The van der Waals surface area contributed by atoms with Crippen molar-refractivity contribution < 1.29 is 14.3 Å². The molecule has 6 heteroatoms. The van der Waals surface area contributed by atoms with Gasteiger partial charge in [0.05, 0.1) is 20.3 Å². The number of amides is 1. The Kier molecular flexibility index (Phi) is 6.13. The first-order valence-electron chi connectivity index (χ1n) is 10.7. The highest BCUT2D eigenvalue weighted by molar-refractivity contribution is 5.95. The third kappa shape index (κ3) is 4.24. The molecule has 0 saturated carbocycles. The summed E-state index contributed by atoms with van der Waals surface area (Å²) in [6.45, 7) is 3.80. The number of nitrogens with zero attached hydrogens (tertiary/aromatic N) is 2. The standard InChI is InChI=1S/C24H31N3O3/c1-26-11-8-18-12-17(6-7-22(18)26)23(27-9-4-5-10-27)16-25-24(28)19-13-20(29-2)15-21(14-19)30-3/h6-7,12-15,23H,4-5,8-11,16H2,1-3H3,(H,25,28)/t23-/m0/s1. The summed E-state index contributed by atoms with van der Waals surface area (Å²) in [6, 6.07) is 12.2. The molecule has 1 saturated heterocycles. The van der Waals surface area contributed by atoms with Crippen LogP contribution in [0.5, 0.6) is 11.5 Å². The number of ether oxygens (including phenoxy) is 2. The lowest BCUT2D eigenvalue weighted by Crippen LogP contribution is -2.36. The van der Waals surface area contributed by atoms with Crippen LogP contribution in [-0.4, -0.2) is 58.3 Å². The minimum absolute atomic E-state index is 0.114. The van der Waals surface area contributed by atoms with E-state index in [0.717, 1.165) is 26.1 Å². The van der Waals surface area contributed by atoms with Crippen molar-refractivity contribution >= 4 is 11.6 Å². The Hall–Kier alpha value is -2.73. The van der Waals surface area contributed by atoms with E-state index >= 15 is 0 Å². The first-order chi connectivity index (χ1) is 14.6. The van der Waals surface area contributed by atoms with Crippen LogP contribution in [0.2, 0.25) is 0 Å². The van der Waals surface area contributed by atoms with Crippen molar-refractivity contribution in [3.8, 4) is 11.5 Å². The largest absolute Gasteiger partial charge is 0.497 e. The summed E-state index contributed by atoms with van der Waals surface area (Å²) in [5.74, 6) is 1.11. The maximum Gasteiger partial charge on any atom is 0.251 e. The fourth-order valence-corrected chi connectivity index (χ4v) is 4.53. The Balaban J connectivity index is 1.53. The van der Waals surface area contributed by atoms with E-state index in [4.69, 9.17) is 9.47 Å². The van der Waals surface area contributed by atoms with Gasteiger partial charge in [-0.05, 0) is 61.7 Å². The Labute approximate surface area is 178 Å². The zero-order chi connectivity index (χ0) is 21.1. The van der Waals surface area contributed by atoms with Crippen LogP contribution in [0.25, 0.3) is 0 Å². The number of anilines is 1. The van der Waals surface area contributed by atoms with Crippen LogP contribution in [0.15, 0.2) is 36.4 Å². The average Bonchev–Trinajstić information content (AvgIpc) is 3.43. The van der Waals surface area contributed by atoms with Gasteiger partial charge in [-0.1, -0.05) is 12.1 Å². The lowest BCUT2D eigenvalue weighted by molar-refractivity contribution is 0.0937. The van der Waals surface area contributed by atoms with Crippen LogP contribution in [0, 0.1) is 0 Å². The molecule has 0 unspecified atom stereocenters. The topological polar surface area (TPSA) is 54.0 Å². The molecule has 0 bridgehead atoms. The first kappa shape index (κ1) is 20.5. The molecule has 160 valence electrons. The number of nitrogens with one attached hydrogen (secondary N) is 1. The normalized spacial score (nSPS) is 17.0. The second kappa shape index (κ2) is 8.96. The fourth-order valence-electron chi connectivity index (χ4n) is 4.53. The van der Waals surface area contributed by atoms with Gasteiger partial charge in [-0.25, -0.2) is 0 Å². The number of hydrogen-bond donors (Lipinski definition) is 1. The van der Waals surface area contributed by atoms with Crippen molar-refractivity contribution in [1.82, 2.24) is 10.2 Å². The number of carbonyl (C=O) groups is 1. The molecular weight excluding hydrogens is 378 g/mol. The lowest BCUT2D eigenvalue weighted by atomic mass is 10.0. The van der Waals surface area contributed by atoms with Crippen molar-refractivity contribution in [3.63, 3.8) is 0 Å². The van der Waals surface area contributed by atoms with Crippen molar-refractivity contribution in [2.24, 2.45) is 0 Å². The van der Waals surface area contributed by atoms with E-state index in [1.165, 1.54) is 29.7 Å². The lowest BCUT2D eigenvalue weighted by Gasteiger charge is -2.29.